The molecule has 184 valence electrons. The van der Waals surface area contributed by atoms with Gasteiger partial charge in [0.15, 0.2) is 0 Å². The third kappa shape index (κ3) is 7.07. The first kappa shape index (κ1) is 24.8. The second-order valence-corrected chi connectivity index (χ2v) is 9.40. The second-order valence-electron chi connectivity index (χ2n) is 8.46. The molecule has 1 unspecified atom stereocenters. The number of carbonyl (C=O) groups excluding carboxylic acids is 1. The SMILES string of the molecule is CCC(=O)OC[NH+](CCCCOc1ccc2ccc(=O)[nH]c2c1)CCNc1cccc2sccc12. The summed E-state index contributed by atoms with van der Waals surface area (Å²) in [6.07, 6.45) is 2.22. The summed E-state index contributed by atoms with van der Waals surface area (Å²) in [5.41, 5.74) is 1.79. The van der Waals surface area contributed by atoms with Crippen LogP contribution in [0.5, 0.6) is 5.75 Å². The lowest BCUT2D eigenvalue weighted by molar-refractivity contribution is -0.916. The van der Waals surface area contributed by atoms with Crippen LogP contribution in [0.4, 0.5) is 5.69 Å². The Morgan fingerprint density at radius 1 is 1.09 bits per heavy atom. The number of H-pyrrole nitrogens is 1. The Kier molecular flexibility index (Phi) is 8.75. The van der Waals surface area contributed by atoms with E-state index in [-0.39, 0.29) is 11.5 Å². The number of esters is 1. The number of hydrogen-bond donors (Lipinski definition) is 3. The van der Waals surface area contributed by atoms with E-state index in [9.17, 15) is 9.59 Å². The molecular formula is C27H32N3O4S+. The zero-order valence-corrected chi connectivity index (χ0v) is 20.8. The van der Waals surface area contributed by atoms with Gasteiger partial charge in [0, 0.05) is 34.3 Å². The van der Waals surface area contributed by atoms with E-state index in [0.29, 0.717) is 19.8 Å². The first-order valence-corrected chi connectivity index (χ1v) is 13.0. The minimum atomic E-state index is -0.170. The van der Waals surface area contributed by atoms with Gasteiger partial charge in [-0.2, -0.15) is 0 Å². The summed E-state index contributed by atoms with van der Waals surface area (Å²) in [5.74, 6) is 0.573. The maximum atomic E-state index is 11.7. The monoisotopic (exact) mass is 494 g/mol. The summed E-state index contributed by atoms with van der Waals surface area (Å²) in [7, 11) is 0. The fraction of sp³-hybridized carbons (Fsp3) is 0.333. The highest BCUT2D eigenvalue weighted by atomic mass is 32.1. The van der Waals surface area contributed by atoms with Crippen LogP contribution in [0.15, 0.2) is 64.8 Å². The first-order chi connectivity index (χ1) is 17.1. The predicted octanol–water partition coefficient (Wildman–Crippen LogP) is 3.81. The van der Waals surface area contributed by atoms with Crippen molar-refractivity contribution in [2.75, 3.05) is 38.3 Å². The fourth-order valence-electron chi connectivity index (χ4n) is 3.96. The fourth-order valence-corrected chi connectivity index (χ4v) is 4.77. The lowest BCUT2D eigenvalue weighted by Gasteiger charge is -2.20. The van der Waals surface area contributed by atoms with Gasteiger partial charge >= 0.3 is 5.97 Å². The van der Waals surface area contributed by atoms with Crippen LogP contribution in [-0.4, -0.2) is 43.9 Å². The summed E-state index contributed by atoms with van der Waals surface area (Å²) in [6.45, 7) is 5.29. The molecule has 1 atom stereocenters. The number of nitrogens with one attached hydrogen (secondary N) is 3. The van der Waals surface area contributed by atoms with E-state index in [0.717, 1.165) is 54.8 Å². The van der Waals surface area contributed by atoms with Gasteiger partial charge in [0.25, 0.3) is 0 Å². The van der Waals surface area contributed by atoms with Crippen LogP contribution in [0.25, 0.3) is 21.0 Å². The molecule has 0 aliphatic carbocycles. The Bertz CT molecular complexity index is 1320. The van der Waals surface area contributed by atoms with Gasteiger partial charge in [-0.15, -0.1) is 11.3 Å². The van der Waals surface area contributed by atoms with Crippen molar-refractivity contribution in [3.63, 3.8) is 0 Å². The van der Waals surface area contributed by atoms with Gasteiger partial charge in [-0.05, 0) is 60.0 Å². The highest BCUT2D eigenvalue weighted by molar-refractivity contribution is 7.17. The minimum Gasteiger partial charge on any atom is -0.494 e. The zero-order chi connectivity index (χ0) is 24.5. The van der Waals surface area contributed by atoms with Gasteiger partial charge in [0.2, 0.25) is 12.3 Å². The van der Waals surface area contributed by atoms with Crippen molar-refractivity contribution in [1.29, 1.82) is 0 Å². The molecule has 0 amide bonds. The number of benzene rings is 2. The van der Waals surface area contributed by atoms with Crippen LogP contribution < -0.4 is 20.5 Å². The molecule has 7 nitrogen and oxygen atoms in total. The van der Waals surface area contributed by atoms with Crippen molar-refractivity contribution in [3.05, 3.63) is 70.3 Å². The number of pyridine rings is 1. The highest BCUT2D eigenvalue weighted by Gasteiger charge is 2.12. The Morgan fingerprint density at radius 3 is 2.86 bits per heavy atom. The Morgan fingerprint density at radius 2 is 1.97 bits per heavy atom. The summed E-state index contributed by atoms with van der Waals surface area (Å²) in [5, 5.41) is 7.87. The topological polar surface area (TPSA) is 84.9 Å². The number of ether oxygens (including phenoxy) is 2. The molecule has 4 aromatic rings. The molecule has 2 heterocycles. The van der Waals surface area contributed by atoms with Crippen molar-refractivity contribution in [2.45, 2.75) is 26.2 Å². The van der Waals surface area contributed by atoms with Crippen molar-refractivity contribution >= 4 is 44.0 Å². The number of anilines is 1. The molecule has 35 heavy (non-hydrogen) atoms. The second kappa shape index (κ2) is 12.4. The molecule has 0 fully saturated rings. The molecule has 0 aliphatic rings. The molecule has 4 rings (SSSR count). The number of quaternary nitrogens is 1. The standard InChI is InChI=1S/C27H31N3O4S/c1-2-27(32)34-19-30(15-13-28-23-6-5-7-25-22(23)12-17-35-25)14-3-4-16-33-21-10-8-20-9-11-26(31)29-24(20)18-21/h5-12,17-18,28H,2-4,13-16,19H2,1H3,(H,29,31)/p+1. The third-order valence-corrected chi connectivity index (χ3v) is 6.79. The van der Waals surface area contributed by atoms with Gasteiger partial charge in [-0.1, -0.05) is 13.0 Å². The summed E-state index contributed by atoms with van der Waals surface area (Å²) in [6, 6.07) is 17.5. The molecular weight excluding hydrogens is 462 g/mol. The molecule has 0 spiro atoms. The van der Waals surface area contributed by atoms with E-state index in [4.69, 9.17) is 9.47 Å². The van der Waals surface area contributed by atoms with Gasteiger partial charge in [-0.25, -0.2) is 0 Å². The van der Waals surface area contributed by atoms with E-state index in [1.165, 1.54) is 21.1 Å². The molecule has 8 heteroatoms. The smallest absolute Gasteiger partial charge is 0.309 e. The number of thiophene rings is 1. The number of fused-ring (bicyclic) bond motifs is 2. The number of rotatable bonds is 13. The lowest BCUT2D eigenvalue weighted by Crippen LogP contribution is -3.13. The molecule has 0 aliphatic heterocycles. The zero-order valence-electron chi connectivity index (χ0n) is 20.0. The summed E-state index contributed by atoms with van der Waals surface area (Å²) >= 11 is 1.74. The van der Waals surface area contributed by atoms with Crippen LogP contribution in [0.3, 0.4) is 0 Å². The average Bonchev–Trinajstić information content (AvgIpc) is 3.36. The van der Waals surface area contributed by atoms with Crippen molar-refractivity contribution in [3.8, 4) is 5.75 Å². The maximum absolute atomic E-state index is 11.7. The van der Waals surface area contributed by atoms with E-state index in [1.54, 1.807) is 17.4 Å². The normalized spacial score (nSPS) is 12.0. The number of aromatic amines is 1. The van der Waals surface area contributed by atoms with Crippen molar-refractivity contribution < 1.29 is 19.2 Å². The lowest BCUT2D eigenvalue weighted by atomic mass is 10.2. The van der Waals surface area contributed by atoms with Crippen molar-refractivity contribution in [1.82, 2.24) is 4.98 Å². The Labute approximate surface area is 208 Å². The van der Waals surface area contributed by atoms with E-state index >= 15 is 0 Å². The molecule has 0 radical (unpaired) electrons. The number of hydrogen-bond acceptors (Lipinski definition) is 6. The predicted molar refractivity (Wildman–Crippen MR) is 142 cm³/mol. The first-order valence-electron chi connectivity index (χ1n) is 12.1. The molecule has 0 bridgehead atoms. The van der Waals surface area contributed by atoms with Crippen LogP contribution >= 0.6 is 11.3 Å². The summed E-state index contributed by atoms with van der Waals surface area (Å²) < 4.78 is 12.6. The average molecular weight is 495 g/mol. The van der Waals surface area contributed by atoms with Gasteiger partial charge in [-0.3, -0.25) is 9.59 Å². The highest BCUT2D eigenvalue weighted by Crippen LogP contribution is 2.27. The Balaban J connectivity index is 1.24. The summed E-state index contributed by atoms with van der Waals surface area (Å²) in [4.78, 5) is 27.3. The van der Waals surface area contributed by atoms with Gasteiger partial charge in [0.05, 0.1) is 31.8 Å². The Hall–Kier alpha value is -3.36. The number of carbonyl (C=O) groups is 1. The van der Waals surface area contributed by atoms with E-state index in [1.807, 2.05) is 25.1 Å². The van der Waals surface area contributed by atoms with E-state index < -0.39 is 0 Å². The molecule has 0 saturated carbocycles. The number of aromatic nitrogens is 1. The van der Waals surface area contributed by atoms with Crippen LogP contribution in [0.1, 0.15) is 26.2 Å². The van der Waals surface area contributed by atoms with Crippen LogP contribution in [-0.2, 0) is 9.53 Å². The van der Waals surface area contributed by atoms with Gasteiger partial charge in [0.1, 0.15) is 5.75 Å². The quantitative estimate of drug-likeness (QED) is 0.150. The largest absolute Gasteiger partial charge is 0.494 e. The van der Waals surface area contributed by atoms with Crippen molar-refractivity contribution in [2.24, 2.45) is 0 Å². The molecule has 2 aromatic carbocycles. The third-order valence-electron chi connectivity index (χ3n) is 5.91. The van der Waals surface area contributed by atoms with E-state index in [2.05, 4.69) is 39.9 Å². The maximum Gasteiger partial charge on any atom is 0.309 e. The molecule has 0 saturated heterocycles. The molecule has 3 N–H and O–H groups in total. The molecule has 2 aromatic heterocycles. The minimum absolute atomic E-state index is 0.122. The number of unbranched alkanes of at least 4 members (excludes halogenated alkanes) is 1. The van der Waals surface area contributed by atoms with Crippen LogP contribution in [0.2, 0.25) is 0 Å². The van der Waals surface area contributed by atoms with Crippen LogP contribution in [0, 0.1) is 0 Å². The van der Waals surface area contributed by atoms with Gasteiger partial charge < -0.3 is 24.7 Å².